The molecule has 5 aliphatic rings. The van der Waals surface area contributed by atoms with Crippen LogP contribution in [0.1, 0.15) is 65.2 Å². The Balaban J connectivity index is 1.55. The largest absolute Gasteiger partial charge is 0.342 e. The highest BCUT2D eigenvalue weighted by atomic mass is 17.3. The molecule has 1 saturated carbocycles. The molecule has 5 fully saturated rings. The first kappa shape index (κ1) is 18.8. The fourth-order valence-corrected chi connectivity index (χ4v) is 6.31. The number of aromatic nitrogens is 1. The Kier molecular flexibility index (Phi) is 4.29. The van der Waals surface area contributed by atoms with Crippen LogP contribution in [0.3, 0.4) is 0 Å². The molecule has 1 aliphatic carbocycles. The first-order valence-electron chi connectivity index (χ1n) is 10.7. The first-order chi connectivity index (χ1) is 13.3. The molecule has 6 nitrogen and oxygen atoms in total. The summed E-state index contributed by atoms with van der Waals surface area (Å²) >= 11 is 0. The van der Waals surface area contributed by atoms with E-state index in [-0.39, 0.29) is 17.8 Å². The van der Waals surface area contributed by atoms with Crippen LogP contribution in [0.4, 0.5) is 0 Å². The summed E-state index contributed by atoms with van der Waals surface area (Å²) in [5.41, 5.74) is 0.504. The molecule has 5 heterocycles. The number of hydrogen-bond acceptors (Lipinski definition) is 5. The summed E-state index contributed by atoms with van der Waals surface area (Å²) in [5.74, 6) is 0.831. The predicted molar refractivity (Wildman–Crippen MR) is 101 cm³/mol. The van der Waals surface area contributed by atoms with E-state index in [1.165, 1.54) is 6.42 Å². The van der Waals surface area contributed by atoms with Gasteiger partial charge in [0.1, 0.15) is 11.9 Å². The first-order valence-corrected chi connectivity index (χ1v) is 10.7. The molecule has 154 valence electrons. The number of hydrogen-bond donors (Lipinski definition) is 0. The molecule has 6 rings (SSSR count). The Labute approximate surface area is 166 Å². The van der Waals surface area contributed by atoms with Crippen LogP contribution < -0.4 is 0 Å². The molecule has 8 atom stereocenters. The minimum atomic E-state index is -0.760. The van der Waals surface area contributed by atoms with Crippen molar-refractivity contribution in [1.29, 1.82) is 0 Å². The van der Waals surface area contributed by atoms with Crippen molar-refractivity contribution in [3.05, 3.63) is 24.0 Å². The third kappa shape index (κ3) is 2.58. The summed E-state index contributed by atoms with van der Waals surface area (Å²) in [5, 5.41) is 0. The van der Waals surface area contributed by atoms with Gasteiger partial charge < -0.3 is 14.0 Å². The maximum absolute atomic E-state index is 11.7. The Bertz CT molecular complexity index is 777. The van der Waals surface area contributed by atoms with E-state index in [2.05, 4.69) is 19.9 Å². The van der Waals surface area contributed by atoms with E-state index in [0.717, 1.165) is 25.0 Å². The lowest BCUT2D eigenvalue weighted by atomic mass is 9.57. The summed E-state index contributed by atoms with van der Waals surface area (Å²) in [6, 6.07) is 4.06. The summed E-state index contributed by atoms with van der Waals surface area (Å²) in [6.07, 6.45) is 5.50. The molecule has 2 unspecified atom stereocenters. The maximum atomic E-state index is 11.7. The van der Waals surface area contributed by atoms with Gasteiger partial charge in [-0.25, -0.2) is 9.78 Å². The van der Waals surface area contributed by atoms with E-state index in [9.17, 15) is 4.79 Å². The van der Waals surface area contributed by atoms with Crippen LogP contribution in [0.2, 0.25) is 0 Å². The number of nitrogens with zero attached hydrogens (tertiary/aromatic N) is 1. The molecule has 28 heavy (non-hydrogen) atoms. The number of ether oxygens (including phenoxy) is 2. The molecule has 4 aliphatic heterocycles. The fourth-order valence-electron chi connectivity index (χ4n) is 6.31. The Hall–Kier alpha value is -1.21. The Morgan fingerprint density at radius 2 is 2.04 bits per heavy atom. The average Bonchev–Trinajstić information content (AvgIpc) is 2.96. The van der Waals surface area contributed by atoms with Gasteiger partial charge in [0.15, 0.2) is 11.9 Å². The molecular weight excluding hydrogens is 358 g/mol. The van der Waals surface area contributed by atoms with Crippen LogP contribution in [-0.4, -0.2) is 28.0 Å². The molecule has 0 aromatic carbocycles. The van der Waals surface area contributed by atoms with Gasteiger partial charge in [-0.1, -0.05) is 13.8 Å². The molecular formula is C22H31NO5. The molecule has 0 amide bonds. The monoisotopic (exact) mass is 389 g/mol. The second-order valence-electron chi connectivity index (χ2n) is 9.59. The van der Waals surface area contributed by atoms with Crippen LogP contribution >= 0.6 is 0 Å². The molecule has 0 N–H and O–H groups in total. The minimum Gasteiger partial charge on any atom is -0.342 e. The summed E-state index contributed by atoms with van der Waals surface area (Å²) in [4.78, 5) is 23.8. The smallest absolute Gasteiger partial charge is 0.201 e. The van der Waals surface area contributed by atoms with Crippen molar-refractivity contribution in [2.24, 2.45) is 23.7 Å². The topological polar surface area (TPSA) is 58.9 Å². The highest BCUT2D eigenvalue weighted by Gasteiger charge is 2.69. The lowest BCUT2D eigenvalue weighted by Gasteiger charge is -2.60. The molecule has 4 saturated heterocycles. The number of carbonyl (C=O) groups is 1. The van der Waals surface area contributed by atoms with Crippen molar-refractivity contribution < 1.29 is 24.0 Å². The molecule has 2 bridgehead atoms. The molecule has 6 heteroatoms. The fraction of sp³-hybridized carbons (Fsp3) is 0.773. The number of carbonyl (C=O) groups excluding carboxylic acids is 1. The number of ketones is 1. The van der Waals surface area contributed by atoms with Gasteiger partial charge in [-0.3, -0.25) is 4.79 Å². The third-order valence-electron chi connectivity index (χ3n) is 7.71. The van der Waals surface area contributed by atoms with Crippen molar-refractivity contribution in [3.63, 3.8) is 0 Å². The molecule has 1 aromatic rings. The van der Waals surface area contributed by atoms with E-state index in [0.29, 0.717) is 24.3 Å². The van der Waals surface area contributed by atoms with Gasteiger partial charge >= 0.3 is 0 Å². The number of Topliss-reactive ketones (excluding diaryl/α,β-unsaturated/α-hetero) is 1. The highest BCUT2D eigenvalue weighted by molar-refractivity contribution is 5.75. The Morgan fingerprint density at radius 3 is 2.82 bits per heavy atom. The van der Waals surface area contributed by atoms with Gasteiger partial charge in [0.2, 0.25) is 5.79 Å². The van der Waals surface area contributed by atoms with E-state index in [1.54, 1.807) is 6.92 Å². The second kappa shape index (κ2) is 6.39. The maximum Gasteiger partial charge on any atom is 0.201 e. The third-order valence-corrected chi connectivity index (χ3v) is 7.71. The molecule has 1 aromatic heterocycles. The number of rotatable bonds is 3. The highest BCUT2D eigenvalue weighted by Crippen LogP contribution is 2.62. The summed E-state index contributed by atoms with van der Waals surface area (Å²) in [7, 11) is 0. The predicted octanol–water partition coefficient (Wildman–Crippen LogP) is 4.00. The zero-order valence-corrected chi connectivity index (χ0v) is 17.2. The SMILES string of the molecule is CC(=O)Cn1cccc1[C@@H]1O[C@@H]2O[C@]3(C)CCC4[C@H](C)CCC([C@H]1C)[C@]42OO3. The van der Waals surface area contributed by atoms with Gasteiger partial charge in [0.25, 0.3) is 0 Å². The van der Waals surface area contributed by atoms with Crippen molar-refractivity contribution in [2.75, 3.05) is 0 Å². The van der Waals surface area contributed by atoms with Crippen molar-refractivity contribution >= 4 is 5.78 Å². The second-order valence-corrected chi connectivity index (χ2v) is 9.59. The lowest BCUT2D eigenvalue weighted by molar-refractivity contribution is -0.571. The van der Waals surface area contributed by atoms with Gasteiger partial charge in [-0.15, -0.1) is 0 Å². The normalized spacial score (nSPS) is 47.4. The standard InChI is InChI=1S/C22H31NO5/c1-13-7-8-17-15(3)19(18-6-5-11-23(18)12-14(2)24)25-20-22(17)16(13)9-10-21(4,26-20)27-28-22/h5-6,11,13,15-17,19-20H,7-10,12H2,1-4H3/t13-,15-,16?,17?,19-,20-,21+,22-/m1/s1. The van der Waals surface area contributed by atoms with Crippen LogP contribution in [0.15, 0.2) is 18.3 Å². The quantitative estimate of drug-likeness (QED) is 0.732. The molecule has 1 spiro atoms. The lowest BCUT2D eigenvalue weighted by Crippen LogP contribution is -2.69. The minimum absolute atomic E-state index is 0.129. The average molecular weight is 389 g/mol. The van der Waals surface area contributed by atoms with Crippen LogP contribution in [0, 0.1) is 23.7 Å². The van der Waals surface area contributed by atoms with E-state index >= 15 is 0 Å². The van der Waals surface area contributed by atoms with E-state index in [1.807, 2.05) is 23.8 Å². The van der Waals surface area contributed by atoms with Gasteiger partial charge in [0.05, 0.1) is 6.54 Å². The van der Waals surface area contributed by atoms with E-state index < -0.39 is 17.7 Å². The Morgan fingerprint density at radius 1 is 1.21 bits per heavy atom. The van der Waals surface area contributed by atoms with Crippen molar-refractivity contribution in [3.8, 4) is 0 Å². The van der Waals surface area contributed by atoms with Crippen LogP contribution in [-0.2, 0) is 30.6 Å². The van der Waals surface area contributed by atoms with Crippen molar-refractivity contribution in [2.45, 2.75) is 83.7 Å². The van der Waals surface area contributed by atoms with Crippen molar-refractivity contribution in [1.82, 2.24) is 4.57 Å². The van der Waals surface area contributed by atoms with Gasteiger partial charge in [-0.2, -0.15) is 0 Å². The van der Waals surface area contributed by atoms with Gasteiger partial charge in [-0.05, 0) is 63.0 Å². The summed E-state index contributed by atoms with van der Waals surface area (Å²) < 4.78 is 15.1. The zero-order valence-electron chi connectivity index (χ0n) is 17.2. The van der Waals surface area contributed by atoms with Crippen LogP contribution in [0.25, 0.3) is 0 Å². The van der Waals surface area contributed by atoms with Crippen LogP contribution in [0.5, 0.6) is 0 Å². The molecule has 0 radical (unpaired) electrons. The van der Waals surface area contributed by atoms with Gasteiger partial charge in [0, 0.05) is 24.2 Å². The zero-order chi connectivity index (χ0) is 19.7. The van der Waals surface area contributed by atoms with E-state index in [4.69, 9.17) is 19.2 Å². The summed E-state index contributed by atoms with van der Waals surface area (Å²) in [6.45, 7) is 8.52. The number of fused-ring (bicyclic) bond motifs is 2.